The number of aliphatic hydroxyl groups is 1. The lowest BCUT2D eigenvalue weighted by Crippen LogP contribution is -2.29. The summed E-state index contributed by atoms with van der Waals surface area (Å²) in [4.78, 5) is 11.6. The van der Waals surface area contributed by atoms with Crippen LogP contribution < -0.4 is 10.6 Å². The molecule has 19 heavy (non-hydrogen) atoms. The highest BCUT2D eigenvalue weighted by Crippen LogP contribution is 2.22. The van der Waals surface area contributed by atoms with Gasteiger partial charge in [0.25, 0.3) is 0 Å². The number of amides is 2. The van der Waals surface area contributed by atoms with Gasteiger partial charge in [-0.25, -0.2) is 4.79 Å². The van der Waals surface area contributed by atoms with Gasteiger partial charge in [-0.05, 0) is 24.6 Å². The molecular weight excluding hydrogens is 264 g/mol. The van der Waals surface area contributed by atoms with Gasteiger partial charge >= 0.3 is 6.03 Å². The Morgan fingerprint density at radius 1 is 1.47 bits per heavy atom. The molecule has 0 bridgehead atoms. The molecule has 0 aromatic heterocycles. The molecule has 102 valence electrons. The molecule has 4 nitrogen and oxygen atoms in total. The van der Waals surface area contributed by atoms with E-state index in [0.717, 1.165) is 12.8 Å². The number of hydrogen-bond donors (Lipinski definition) is 3. The van der Waals surface area contributed by atoms with Gasteiger partial charge in [-0.3, -0.25) is 0 Å². The SMILES string of the molecule is CCCCNC(=O)Nc1cc(C#CCO)ccc1Cl. The average Bonchev–Trinajstić information content (AvgIpc) is 2.40. The molecule has 1 aromatic carbocycles. The van der Waals surface area contributed by atoms with E-state index in [1.165, 1.54) is 0 Å². The number of carbonyl (C=O) groups is 1. The quantitative estimate of drug-likeness (QED) is 0.586. The van der Waals surface area contributed by atoms with Crippen LogP contribution in [0.1, 0.15) is 25.3 Å². The van der Waals surface area contributed by atoms with Crippen molar-refractivity contribution in [3.05, 3.63) is 28.8 Å². The highest BCUT2D eigenvalue weighted by Gasteiger charge is 2.05. The number of carbonyl (C=O) groups excluding carboxylic acids is 1. The smallest absolute Gasteiger partial charge is 0.319 e. The van der Waals surface area contributed by atoms with Crippen molar-refractivity contribution in [3.8, 4) is 11.8 Å². The first-order chi connectivity index (χ1) is 9.17. The third-order valence-corrected chi connectivity index (χ3v) is 2.67. The van der Waals surface area contributed by atoms with Gasteiger partial charge in [0.15, 0.2) is 0 Å². The van der Waals surface area contributed by atoms with Crippen molar-refractivity contribution in [2.45, 2.75) is 19.8 Å². The van der Waals surface area contributed by atoms with E-state index in [1.807, 2.05) is 0 Å². The summed E-state index contributed by atoms with van der Waals surface area (Å²) in [6.45, 7) is 2.48. The molecule has 1 aromatic rings. The van der Waals surface area contributed by atoms with Gasteiger partial charge in [0.05, 0.1) is 10.7 Å². The van der Waals surface area contributed by atoms with Gasteiger partial charge in [-0.1, -0.05) is 36.8 Å². The number of hydrogen-bond acceptors (Lipinski definition) is 2. The fourth-order valence-corrected chi connectivity index (χ4v) is 1.55. The minimum absolute atomic E-state index is 0.205. The second-order valence-electron chi connectivity index (χ2n) is 3.89. The van der Waals surface area contributed by atoms with Crippen LogP contribution in [0.2, 0.25) is 5.02 Å². The van der Waals surface area contributed by atoms with E-state index in [4.69, 9.17) is 16.7 Å². The molecule has 0 radical (unpaired) electrons. The molecule has 0 spiro atoms. The summed E-state index contributed by atoms with van der Waals surface area (Å²) in [5.74, 6) is 5.30. The van der Waals surface area contributed by atoms with Gasteiger partial charge < -0.3 is 15.7 Å². The van der Waals surface area contributed by atoms with Crippen molar-refractivity contribution in [2.24, 2.45) is 0 Å². The number of urea groups is 1. The van der Waals surface area contributed by atoms with Gasteiger partial charge in [-0.2, -0.15) is 0 Å². The molecule has 0 saturated carbocycles. The molecule has 0 fully saturated rings. The van der Waals surface area contributed by atoms with Crippen LogP contribution in [0, 0.1) is 11.8 Å². The molecule has 0 aliphatic carbocycles. The maximum absolute atomic E-state index is 11.6. The zero-order valence-corrected chi connectivity index (χ0v) is 11.5. The molecule has 3 N–H and O–H groups in total. The number of anilines is 1. The van der Waals surface area contributed by atoms with Crippen molar-refractivity contribution in [1.29, 1.82) is 0 Å². The lowest BCUT2D eigenvalue weighted by Gasteiger charge is -2.09. The van der Waals surface area contributed by atoms with Crippen LogP contribution in [0.5, 0.6) is 0 Å². The van der Waals surface area contributed by atoms with E-state index in [-0.39, 0.29) is 12.6 Å². The van der Waals surface area contributed by atoms with E-state index in [1.54, 1.807) is 18.2 Å². The van der Waals surface area contributed by atoms with E-state index >= 15 is 0 Å². The first kappa shape index (κ1) is 15.4. The van der Waals surface area contributed by atoms with Crippen LogP contribution in [0.4, 0.5) is 10.5 Å². The molecule has 0 aliphatic heterocycles. The van der Waals surface area contributed by atoms with E-state index in [9.17, 15) is 4.79 Å². The third-order valence-electron chi connectivity index (χ3n) is 2.34. The van der Waals surface area contributed by atoms with Gasteiger partial charge in [0.2, 0.25) is 0 Å². The summed E-state index contributed by atoms with van der Waals surface area (Å²) in [7, 11) is 0. The van der Waals surface area contributed by atoms with Crippen LogP contribution in [0.15, 0.2) is 18.2 Å². The predicted octanol–water partition coefficient (Wildman–Crippen LogP) is 2.61. The minimum Gasteiger partial charge on any atom is -0.384 e. The molecule has 0 aliphatic rings. The molecular formula is C14H17ClN2O2. The van der Waals surface area contributed by atoms with Crippen LogP contribution in [-0.2, 0) is 0 Å². The Bertz CT molecular complexity index is 492. The molecule has 0 heterocycles. The van der Waals surface area contributed by atoms with Crippen molar-refractivity contribution in [3.63, 3.8) is 0 Å². The lowest BCUT2D eigenvalue weighted by atomic mass is 10.2. The number of aliphatic hydroxyl groups excluding tert-OH is 1. The highest BCUT2D eigenvalue weighted by molar-refractivity contribution is 6.33. The van der Waals surface area contributed by atoms with Crippen molar-refractivity contribution in [1.82, 2.24) is 5.32 Å². The normalized spacial score (nSPS) is 9.42. The van der Waals surface area contributed by atoms with Gasteiger partial charge in [0, 0.05) is 12.1 Å². The fraction of sp³-hybridized carbons (Fsp3) is 0.357. The number of unbranched alkanes of at least 4 members (excludes halogenated alkanes) is 1. The molecule has 1 rings (SSSR count). The summed E-state index contributed by atoms with van der Waals surface area (Å²) in [6.07, 6.45) is 1.95. The molecule has 2 amide bonds. The zero-order chi connectivity index (χ0) is 14.1. The van der Waals surface area contributed by atoms with Crippen LogP contribution in [0.25, 0.3) is 0 Å². The standard InChI is InChI=1S/C14H17ClN2O2/c1-2-3-8-16-14(19)17-13-10-11(5-4-9-18)6-7-12(13)15/h6-7,10,18H,2-3,8-9H2,1H3,(H2,16,17,19). The number of benzene rings is 1. The van der Waals surface area contributed by atoms with E-state index in [2.05, 4.69) is 29.4 Å². The second kappa shape index (κ2) is 8.41. The summed E-state index contributed by atoms with van der Waals surface area (Å²) in [5, 5.41) is 14.5. The third kappa shape index (κ3) is 5.64. The minimum atomic E-state index is -0.289. The van der Waals surface area contributed by atoms with Crippen molar-refractivity contribution >= 4 is 23.3 Å². The van der Waals surface area contributed by atoms with Crippen LogP contribution in [0.3, 0.4) is 0 Å². The molecule has 0 saturated heterocycles. The zero-order valence-electron chi connectivity index (χ0n) is 10.8. The van der Waals surface area contributed by atoms with Gasteiger partial charge in [0.1, 0.15) is 6.61 Å². The predicted molar refractivity (Wildman–Crippen MR) is 77.3 cm³/mol. The molecule has 0 atom stereocenters. The Hall–Kier alpha value is -1.70. The Kier molecular flexibility index (Phi) is 6.80. The summed E-state index contributed by atoms with van der Waals surface area (Å²) < 4.78 is 0. The Morgan fingerprint density at radius 2 is 2.26 bits per heavy atom. The van der Waals surface area contributed by atoms with Crippen LogP contribution >= 0.6 is 11.6 Å². The molecule has 5 heteroatoms. The lowest BCUT2D eigenvalue weighted by molar-refractivity contribution is 0.252. The maximum Gasteiger partial charge on any atom is 0.319 e. The Morgan fingerprint density at radius 3 is 2.95 bits per heavy atom. The molecule has 0 unspecified atom stereocenters. The summed E-state index contributed by atoms with van der Waals surface area (Å²) >= 11 is 6.00. The highest BCUT2D eigenvalue weighted by atomic mass is 35.5. The van der Waals surface area contributed by atoms with Gasteiger partial charge in [-0.15, -0.1) is 0 Å². The van der Waals surface area contributed by atoms with Crippen molar-refractivity contribution < 1.29 is 9.90 Å². The monoisotopic (exact) mass is 280 g/mol. The Labute approximate surface area is 118 Å². The first-order valence-electron chi connectivity index (χ1n) is 6.11. The Balaban J connectivity index is 2.68. The number of nitrogens with one attached hydrogen (secondary N) is 2. The largest absolute Gasteiger partial charge is 0.384 e. The van der Waals surface area contributed by atoms with Crippen LogP contribution in [-0.4, -0.2) is 24.3 Å². The maximum atomic E-state index is 11.6. The van der Waals surface area contributed by atoms with E-state index in [0.29, 0.717) is 22.8 Å². The second-order valence-corrected chi connectivity index (χ2v) is 4.30. The topological polar surface area (TPSA) is 61.4 Å². The summed E-state index contributed by atoms with van der Waals surface area (Å²) in [5.41, 5.74) is 1.18. The summed E-state index contributed by atoms with van der Waals surface area (Å²) in [6, 6.07) is 4.77. The average molecular weight is 281 g/mol. The number of halogens is 1. The first-order valence-corrected chi connectivity index (χ1v) is 6.49. The van der Waals surface area contributed by atoms with Crippen molar-refractivity contribution in [2.75, 3.05) is 18.5 Å². The van der Waals surface area contributed by atoms with E-state index < -0.39 is 0 Å². The number of rotatable bonds is 4. The fourth-order valence-electron chi connectivity index (χ4n) is 1.39.